The van der Waals surface area contributed by atoms with Gasteiger partial charge in [-0.3, -0.25) is 4.79 Å². The molecule has 86 valence electrons. The molecule has 1 aliphatic rings. The van der Waals surface area contributed by atoms with Gasteiger partial charge in [-0.2, -0.15) is 0 Å². The number of methoxy groups -OCH3 is 1. The fourth-order valence-corrected chi connectivity index (χ4v) is 2.37. The number of rotatable bonds is 4. The van der Waals surface area contributed by atoms with E-state index in [1.165, 1.54) is 0 Å². The maximum atomic E-state index is 11.6. The van der Waals surface area contributed by atoms with Crippen LogP contribution in [0.5, 0.6) is 5.75 Å². The Balaban J connectivity index is 2.24. The molecule has 0 saturated heterocycles. The smallest absolute Gasteiger partial charge is 0.136 e. The van der Waals surface area contributed by atoms with Gasteiger partial charge >= 0.3 is 0 Å². The number of halogens is 1. The molecule has 1 aliphatic carbocycles. The van der Waals surface area contributed by atoms with Crippen LogP contribution < -0.4 is 4.74 Å². The number of carbonyl (C=O) groups is 1. The summed E-state index contributed by atoms with van der Waals surface area (Å²) in [4.78, 5) is 11.6. The number of benzene rings is 1. The Kier molecular flexibility index (Phi) is 3.06. The summed E-state index contributed by atoms with van der Waals surface area (Å²) >= 11 is 3.52. The van der Waals surface area contributed by atoms with Crippen molar-refractivity contribution in [3.05, 3.63) is 28.2 Å². The third-order valence-electron chi connectivity index (χ3n) is 3.38. The van der Waals surface area contributed by atoms with E-state index in [0.29, 0.717) is 5.78 Å². The van der Waals surface area contributed by atoms with Crippen molar-refractivity contribution in [2.75, 3.05) is 7.11 Å². The zero-order chi connectivity index (χ0) is 11.8. The minimum absolute atomic E-state index is 0.0884. The number of Topliss-reactive ketones (excluding diaryl/α,β-unsaturated/α-hetero) is 1. The standard InChI is InChI=1S/C13H15BrO2/c1-9(15)13(5-6-13)8-10-7-11(16-2)3-4-12(10)14/h3-4,7H,5-6,8H2,1-2H3. The van der Waals surface area contributed by atoms with Gasteiger partial charge in [0.05, 0.1) is 7.11 Å². The first kappa shape index (κ1) is 11.6. The average Bonchev–Trinajstić information content (AvgIpc) is 3.02. The Morgan fingerprint density at radius 3 is 2.69 bits per heavy atom. The van der Waals surface area contributed by atoms with Crippen molar-refractivity contribution in [3.63, 3.8) is 0 Å². The second-order valence-corrected chi connectivity index (χ2v) is 5.32. The molecule has 0 atom stereocenters. The molecule has 2 rings (SSSR count). The summed E-state index contributed by atoms with van der Waals surface area (Å²) in [5, 5.41) is 0. The molecule has 1 fully saturated rings. The molecule has 16 heavy (non-hydrogen) atoms. The van der Waals surface area contributed by atoms with E-state index in [2.05, 4.69) is 15.9 Å². The van der Waals surface area contributed by atoms with Gasteiger partial charge in [0.1, 0.15) is 11.5 Å². The van der Waals surface area contributed by atoms with Crippen molar-refractivity contribution in [3.8, 4) is 5.75 Å². The lowest BCUT2D eigenvalue weighted by molar-refractivity contribution is -0.121. The van der Waals surface area contributed by atoms with Crippen LogP contribution in [0.15, 0.2) is 22.7 Å². The second-order valence-electron chi connectivity index (χ2n) is 4.47. The van der Waals surface area contributed by atoms with Crippen molar-refractivity contribution in [2.45, 2.75) is 26.2 Å². The molecule has 0 bridgehead atoms. The van der Waals surface area contributed by atoms with E-state index in [1.807, 2.05) is 18.2 Å². The van der Waals surface area contributed by atoms with Crippen LogP contribution in [0.25, 0.3) is 0 Å². The van der Waals surface area contributed by atoms with Gasteiger partial charge in [-0.05, 0) is 49.9 Å². The number of hydrogen-bond acceptors (Lipinski definition) is 2. The highest BCUT2D eigenvalue weighted by Gasteiger charge is 2.47. The van der Waals surface area contributed by atoms with E-state index in [1.54, 1.807) is 14.0 Å². The molecule has 0 aromatic heterocycles. The summed E-state index contributed by atoms with van der Waals surface area (Å²) in [6, 6.07) is 5.90. The van der Waals surface area contributed by atoms with E-state index in [-0.39, 0.29) is 5.41 Å². The minimum atomic E-state index is -0.0884. The number of ketones is 1. The highest BCUT2D eigenvalue weighted by atomic mass is 79.9. The first-order valence-electron chi connectivity index (χ1n) is 5.41. The molecular formula is C13H15BrO2. The van der Waals surface area contributed by atoms with Gasteiger partial charge in [-0.25, -0.2) is 0 Å². The predicted octanol–water partition coefficient (Wildman–Crippen LogP) is 3.37. The lowest BCUT2D eigenvalue weighted by Gasteiger charge is -2.13. The first-order chi connectivity index (χ1) is 7.57. The quantitative estimate of drug-likeness (QED) is 0.846. The van der Waals surface area contributed by atoms with Gasteiger partial charge in [0.2, 0.25) is 0 Å². The number of ether oxygens (including phenoxy) is 1. The van der Waals surface area contributed by atoms with Crippen LogP contribution in [0, 0.1) is 5.41 Å². The molecule has 3 heteroatoms. The number of hydrogen-bond donors (Lipinski definition) is 0. The Labute approximate surface area is 104 Å². The highest BCUT2D eigenvalue weighted by Crippen LogP contribution is 2.50. The molecule has 0 unspecified atom stereocenters. The number of carbonyl (C=O) groups excluding carboxylic acids is 1. The van der Waals surface area contributed by atoms with Crippen LogP contribution in [-0.4, -0.2) is 12.9 Å². The maximum Gasteiger partial charge on any atom is 0.136 e. The summed E-state index contributed by atoms with van der Waals surface area (Å²) in [5.74, 6) is 1.15. The summed E-state index contributed by atoms with van der Waals surface area (Å²) in [5.41, 5.74) is 1.07. The normalized spacial score (nSPS) is 16.9. The van der Waals surface area contributed by atoms with Crippen molar-refractivity contribution in [1.29, 1.82) is 0 Å². The van der Waals surface area contributed by atoms with Gasteiger partial charge in [0, 0.05) is 9.89 Å². The molecule has 1 saturated carbocycles. The lowest BCUT2D eigenvalue weighted by Crippen LogP contribution is -2.15. The van der Waals surface area contributed by atoms with Gasteiger partial charge < -0.3 is 4.74 Å². The highest BCUT2D eigenvalue weighted by molar-refractivity contribution is 9.10. The van der Waals surface area contributed by atoms with E-state index >= 15 is 0 Å². The zero-order valence-electron chi connectivity index (χ0n) is 9.55. The molecule has 0 spiro atoms. The van der Waals surface area contributed by atoms with Crippen LogP contribution >= 0.6 is 15.9 Å². The summed E-state index contributed by atoms with van der Waals surface area (Å²) in [7, 11) is 1.66. The van der Waals surface area contributed by atoms with Crippen LogP contribution in [0.3, 0.4) is 0 Å². The maximum absolute atomic E-state index is 11.6. The van der Waals surface area contributed by atoms with Crippen molar-refractivity contribution in [2.24, 2.45) is 5.41 Å². The third-order valence-corrected chi connectivity index (χ3v) is 4.16. The average molecular weight is 283 g/mol. The van der Waals surface area contributed by atoms with Gasteiger partial charge in [0.25, 0.3) is 0 Å². The first-order valence-corrected chi connectivity index (χ1v) is 6.20. The molecular weight excluding hydrogens is 268 g/mol. The molecule has 2 nitrogen and oxygen atoms in total. The van der Waals surface area contributed by atoms with Gasteiger partial charge in [-0.1, -0.05) is 15.9 Å². The van der Waals surface area contributed by atoms with Crippen molar-refractivity contribution >= 4 is 21.7 Å². The third kappa shape index (κ3) is 2.14. The van der Waals surface area contributed by atoms with Gasteiger partial charge in [0.15, 0.2) is 0 Å². The molecule has 1 aromatic rings. The lowest BCUT2D eigenvalue weighted by atomic mass is 9.93. The van der Waals surface area contributed by atoms with E-state index in [4.69, 9.17) is 4.74 Å². The predicted molar refractivity (Wildman–Crippen MR) is 66.7 cm³/mol. The van der Waals surface area contributed by atoms with Crippen LogP contribution in [0.4, 0.5) is 0 Å². The summed E-state index contributed by atoms with van der Waals surface area (Å²) in [6.45, 7) is 1.70. The fourth-order valence-electron chi connectivity index (χ4n) is 1.98. The molecule has 0 radical (unpaired) electrons. The van der Waals surface area contributed by atoms with E-state index < -0.39 is 0 Å². The zero-order valence-corrected chi connectivity index (χ0v) is 11.1. The van der Waals surface area contributed by atoms with Crippen molar-refractivity contribution < 1.29 is 9.53 Å². The Bertz CT molecular complexity index is 422. The molecule has 0 heterocycles. The monoisotopic (exact) mass is 282 g/mol. The molecule has 0 amide bonds. The second kappa shape index (κ2) is 4.21. The largest absolute Gasteiger partial charge is 0.497 e. The van der Waals surface area contributed by atoms with Crippen LogP contribution in [0.2, 0.25) is 0 Å². The Morgan fingerprint density at radius 1 is 1.50 bits per heavy atom. The summed E-state index contributed by atoms with van der Waals surface area (Å²) in [6.07, 6.45) is 2.86. The van der Waals surface area contributed by atoms with Crippen molar-refractivity contribution in [1.82, 2.24) is 0 Å². The topological polar surface area (TPSA) is 26.3 Å². The summed E-state index contributed by atoms with van der Waals surface area (Å²) < 4.78 is 6.26. The molecule has 0 N–H and O–H groups in total. The Hall–Kier alpha value is -0.830. The fraction of sp³-hybridized carbons (Fsp3) is 0.462. The van der Waals surface area contributed by atoms with Crippen LogP contribution in [0.1, 0.15) is 25.3 Å². The molecule has 0 aliphatic heterocycles. The van der Waals surface area contributed by atoms with Gasteiger partial charge in [-0.15, -0.1) is 0 Å². The van der Waals surface area contributed by atoms with E-state index in [9.17, 15) is 4.79 Å². The van der Waals surface area contributed by atoms with E-state index in [0.717, 1.165) is 35.0 Å². The van der Waals surface area contributed by atoms with Crippen LogP contribution in [-0.2, 0) is 11.2 Å². The SMILES string of the molecule is COc1ccc(Br)c(CC2(C(C)=O)CC2)c1. The minimum Gasteiger partial charge on any atom is -0.497 e. The Morgan fingerprint density at radius 2 is 2.19 bits per heavy atom. The molecule has 1 aromatic carbocycles.